The molecule has 1 atom stereocenters. The van der Waals surface area contributed by atoms with Crippen LogP contribution >= 0.6 is 0 Å². The number of ether oxygens (including phenoxy) is 1. The maximum atomic E-state index is 11.7. The molecule has 0 heterocycles. The summed E-state index contributed by atoms with van der Waals surface area (Å²) in [4.78, 5) is 11.7. The average molecular weight is 274 g/mol. The third-order valence-electron chi connectivity index (χ3n) is 3.36. The minimum Gasteiger partial charge on any atom is -0.388 e. The Bertz CT molecular complexity index is 265. The number of hydrogen-bond donors (Lipinski definition) is 3. The van der Waals surface area contributed by atoms with E-state index >= 15 is 0 Å². The summed E-state index contributed by atoms with van der Waals surface area (Å²) in [6.07, 6.45) is 2.68. The Morgan fingerprint density at radius 2 is 1.89 bits per heavy atom. The first-order valence-electron chi connectivity index (χ1n) is 6.90. The van der Waals surface area contributed by atoms with Crippen LogP contribution in [0.3, 0.4) is 0 Å². The van der Waals surface area contributed by atoms with Gasteiger partial charge in [0.25, 0.3) is 0 Å². The number of rotatable bonds is 10. The third-order valence-corrected chi connectivity index (χ3v) is 3.36. The van der Waals surface area contributed by atoms with E-state index in [1.54, 1.807) is 14.0 Å². The van der Waals surface area contributed by atoms with E-state index in [4.69, 9.17) is 10.5 Å². The molecular weight excluding hydrogens is 244 g/mol. The summed E-state index contributed by atoms with van der Waals surface area (Å²) < 4.78 is 4.92. The average Bonchev–Trinajstić information content (AvgIpc) is 2.32. The summed E-state index contributed by atoms with van der Waals surface area (Å²) >= 11 is 0. The largest absolute Gasteiger partial charge is 0.388 e. The van der Waals surface area contributed by atoms with Gasteiger partial charge in [0, 0.05) is 33.1 Å². The Labute approximate surface area is 116 Å². The number of methoxy groups -OCH3 is 1. The summed E-state index contributed by atoms with van der Waals surface area (Å²) in [6.45, 7) is 7.30. The highest BCUT2D eigenvalue weighted by atomic mass is 16.5. The molecule has 0 aromatic rings. The number of nitrogens with one attached hydrogen (secondary N) is 1. The van der Waals surface area contributed by atoms with Crippen LogP contribution in [0.25, 0.3) is 0 Å². The molecule has 0 aliphatic rings. The van der Waals surface area contributed by atoms with Crippen molar-refractivity contribution < 1.29 is 14.6 Å². The van der Waals surface area contributed by atoms with Crippen molar-refractivity contribution in [3.8, 4) is 0 Å². The van der Waals surface area contributed by atoms with Crippen molar-refractivity contribution in [1.29, 1.82) is 0 Å². The first kappa shape index (κ1) is 18.4. The van der Waals surface area contributed by atoms with Gasteiger partial charge in [0.1, 0.15) is 0 Å². The second-order valence-electron chi connectivity index (χ2n) is 6.22. The Hall–Kier alpha value is -0.650. The summed E-state index contributed by atoms with van der Waals surface area (Å²) in [5.74, 6) is -0.0252. The first-order valence-corrected chi connectivity index (χ1v) is 6.90. The summed E-state index contributed by atoms with van der Waals surface area (Å²) in [5.41, 5.74) is 4.71. The Kier molecular flexibility index (Phi) is 8.22. The van der Waals surface area contributed by atoms with E-state index in [-0.39, 0.29) is 17.9 Å². The van der Waals surface area contributed by atoms with Gasteiger partial charge in [-0.05, 0) is 31.7 Å². The van der Waals surface area contributed by atoms with E-state index in [2.05, 4.69) is 19.2 Å². The van der Waals surface area contributed by atoms with Gasteiger partial charge in [0.05, 0.1) is 5.60 Å². The summed E-state index contributed by atoms with van der Waals surface area (Å²) in [7, 11) is 1.59. The fourth-order valence-electron chi connectivity index (χ4n) is 1.76. The number of carbonyl (C=O) groups is 1. The second-order valence-corrected chi connectivity index (χ2v) is 6.22. The van der Waals surface area contributed by atoms with Crippen molar-refractivity contribution in [2.75, 3.05) is 26.8 Å². The van der Waals surface area contributed by atoms with Crippen molar-refractivity contribution in [1.82, 2.24) is 5.32 Å². The number of carbonyl (C=O) groups excluding carboxylic acids is 1. The van der Waals surface area contributed by atoms with Crippen LogP contribution in [0.4, 0.5) is 0 Å². The van der Waals surface area contributed by atoms with E-state index in [1.165, 1.54) is 0 Å². The van der Waals surface area contributed by atoms with Gasteiger partial charge >= 0.3 is 0 Å². The molecule has 0 fully saturated rings. The maximum absolute atomic E-state index is 11.7. The molecule has 0 saturated carbocycles. The predicted molar refractivity (Wildman–Crippen MR) is 76.8 cm³/mol. The zero-order valence-corrected chi connectivity index (χ0v) is 12.8. The Morgan fingerprint density at radius 3 is 2.42 bits per heavy atom. The smallest absolute Gasteiger partial charge is 0.220 e. The van der Waals surface area contributed by atoms with Crippen molar-refractivity contribution in [3.05, 3.63) is 0 Å². The van der Waals surface area contributed by atoms with Crippen molar-refractivity contribution in [3.63, 3.8) is 0 Å². The number of hydrogen-bond acceptors (Lipinski definition) is 4. The van der Waals surface area contributed by atoms with Gasteiger partial charge in [-0.25, -0.2) is 0 Å². The molecule has 5 heteroatoms. The topological polar surface area (TPSA) is 84.6 Å². The van der Waals surface area contributed by atoms with Crippen LogP contribution in [0.1, 0.15) is 46.5 Å². The van der Waals surface area contributed by atoms with Gasteiger partial charge in [-0.15, -0.1) is 0 Å². The van der Waals surface area contributed by atoms with Crippen LogP contribution in [0.2, 0.25) is 0 Å². The van der Waals surface area contributed by atoms with Crippen molar-refractivity contribution in [2.24, 2.45) is 11.1 Å². The molecular formula is C14H30N2O3. The van der Waals surface area contributed by atoms with Crippen LogP contribution in [0.15, 0.2) is 0 Å². The van der Waals surface area contributed by atoms with E-state index in [1.807, 2.05) is 0 Å². The molecule has 0 aromatic heterocycles. The summed E-state index contributed by atoms with van der Waals surface area (Å²) in [6, 6.07) is 0. The van der Waals surface area contributed by atoms with Gasteiger partial charge in [0.2, 0.25) is 5.91 Å². The van der Waals surface area contributed by atoms with Crippen LogP contribution in [-0.4, -0.2) is 43.4 Å². The quantitative estimate of drug-likeness (QED) is 0.556. The van der Waals surface area contributed by atoms with Gasteiger partial charge in [0.15, 0.2) is 0 Å². The van der Waals surface area contributed by atoms with Gasteiger partial charge in [-0.3, -0.25) is 4.79 Å². The van der Waals surface area contributed by atoms with Crippen LogP contribution in [-0.2, 0) is 9.53 Å². The fraction of sp³-hybridized carbons (Fsp3) is 0.929. The predicted octanol–water partition coefficient (Wildman–Crippen LogP) is 1.05. The zero-order chi connectivity index (χ0) is 14.9. The monoisotopic (exact) mass is 274 g/mol. The maximum Gasteiger partial charge on any atom is 0.220 e. The fourth-order valence-corrected chi connectivity index (χ4v) is 1.76. The molecule has 4 N–H and O–H groups in total. The molecule has 0 aromatic carbocycles. The lowest BCUT2D eigenvalue weighted by Gasteiger charge is -2.25. The van der Waals surface area contributed by atoms with E-state index < -0.39 is 5.60 Å². The van der Waals surface area contributed by atoms with E-state index in [0.29, 0.717) is 26.0 Å². The third kappa shape index (κ3) is 9.87. The molecule has 1 unspecified atom stereocenters. The molecule has 0 spiro atoms. The van der Waals surface area contributed by atoms with Crippen LogP contribution in [0.5, 0.6) is 0 Å². The van der Waals surface area contributed by atoms with Crippen LogP contribution in [0, 0.1) is 5.41 Å². The lowest BCUT2D eigenvalue weighted by molar-refractivity contribution is -0.123. The minimum atomic E-state index is -0.918. The van der Waals surface area contributed by atoms with Crippen LogP contribution < -0.4 is 11.1 Å². The molecule has 1 amide bonds. The second kappa shape index (κ2) is 8.51. The molecule has 0 radical (unpaired) electrons. The Morgan fingerprint density at radius 1 is 1.26 bits per heavy atom. The van der Waals surface area contributed by atoms with E-state index in [9.17, 15) is 9.90 Å². The highest BCUT2D eigenvalue weighted by Crippen LogP contribution is 2.25. The SMILES string of the molecule is COCCC(C)(O)CNC(=O)CCC(C)(C)CCN. The molecule has 0 aliphatic carbocycles. The summed E-state index contributed by atoms with van der Waals surface area (Å²) in [5, 5.41) is 12.8. The standard InChI is InChI=1S/C14H30N2O3/c1-13(2,7-9-15)6-5-12(17)16-11-14(3,18)8-10-19-4/h18H,5-11,15H2,1-4H3,(H,16,17). The molecule has 0 aliphatic heterocycles. The van der Waals surface area contributed by atoms with Gasteiger partial charge < -0.3 is 20.9 Å². The number of amides is 1. The zero-order valence-electron chi connectivity index (χ0n) is 12.8. The molecule has 0 saturated heterocycles. The van der Waals surface area contributed by atoms with Crippen molar-refractivity contribution in [2.45, 2.75) is 52.1 Å². The number of nitrogens with two attached hydrogens (primary N) is 1. The number of aliphatic hydroxyl groups is 1. The molecule has 0 rings (SSSR count). The van der Waals surface area contributed by atoms with Gasteiger partial charge in [-0.2, -0.15) is 0 Å². The molecule has 19 heavy (non-hydrogen) atoms. The highest BCUT2D eigenvalue weighted by Gasteiger charge is 2.22. The Balaban J connectivity index is 3.93. The molecule has 0 bridgehead atoms. The van der Waals surface area contributed by atoms with Gasteiger partial charge in [-0.1, -0.05) is 13.8 Å². The minimum absolute atomic E-state index is 0.0252. The highest BCUT2D eigenvalue weighted by molar-refractivity contribution is 5.75. The lowest BCUT2D eigenvalue weighted by atomic mass is 9.84. The lowest BCUT2D eigenvalue weighted by Crippen LogP contribution is -2.41. The molecule has 114 valence electrons. The van der Waals surface area contributed by atoms with E-state index in [0.717, 1.165) is 12.8 Å². The normalized spacial score (nSPS) is 15.1. The first-order chi connectivity index (χ1) is 8.72. The van der Waals surface area contributed by atoms with Crippen molar-refractivity contribution >= 4 is 5.91 Å². The molecule has 5 nitrogen and oxygen atoms in total.